The molecule has 0 unspecified atom stereocenters. The molecule has 0 spiro atoms. The summed E-state index contributed by atoms with van der Waals surface area (Å²) in [4.78, 5) is 0. The fourth-order valence-corrected chi connectivity index (χ4v) is 0.689. The first-order chi connectivity index (χ1) is 4.83. The minimum atomic E-state index is -0.281. The molecule has 4 nitrogen and oxygen atoms in total. The number of nitrogens with zero attached hydrogens (tertiary/aromatic N) is 3. The van der Waals surface area contributed by atoms with Gasteiger partial charge in [-0.1, -0.05) is 6.92 Å². The number of aliphatic hydroxyl groups excluding tert-OH is 1. The van der Waals surface area contributed by atoms with Crippen LogP contribution in [0.15, 0.2) is 12.7 Å². The summed E-state index contributed by atoms with van der Waals surface area (Å²) in [6.45, 7) is 2.53. The molecule has 1 aromatic heterocycles. The first kappa shape index (κ1) is 7.21. The maximum Gasteiger partial charge on any atom is 0.119 e. The summed E-state index contributed by atoms with van der Waals surface area (Å²) in [7, 11) is 0. The Kier molecular flexibility index (Phi) is 2.39. The molecule has 1 heterocycles. The third kappa shape index (κ3) is 1.80. The Morgan fingerprint density at radius 1 is 1.50 bits per heavy atom. The second-order valence-corrected chi connectivity index (χ2v) is 2.22. The highest BCUT2D eigenvalue weighted by Crippen LogP contribution is 1.93. The Hall–Kier alpha value is -0.900. The molecule has 56 valence electrons. The molecule has 0 aliphatic carbocycles. The van der Waals surface area contributed by atoms with E-state index in [0.29, 0.717) is 6.54 Å². The Morgan fingerprint density at radius 3 is 2.60 bits per heavy atom. The van der Waals surface area contributed by atoms with E-state index in [9.17, 15) is 0 Å². The minimum absolute atomic E-state index is 0.281. The topological polar surface area (TPSA) is 50.9 Å². The summed E-state index contributed by atoms with van der Waals surface area (Å²) in [5.74, 6) is 0. The molecule has 1 rings (SSSR count). The first-order valence-electron chi connectivity index (χ1n) is 3.33. The van der Waals surface area contributed by atoms with Crippen molar-refractivity contribution in [1.29, 1.82) is 0 Å². The maximum atomic E-state index is 9.15. The number of rotatable bonds is 3. The molecule has 0 saturated carbocycles. The van der Waals surface area contributed by atoms with Gasteiger partial charge in [-0.15, -0.1) is 10.2 Å². The second-order valence-electron chi connectivity index (χ2n) is 2.22. The van der Waals surface area contributed by atoms with Crippen molar-refractivity contribution in [3.8, 4) is 0 Å². The van der Waals surface area contributed by atoms with Crippen LogP contribution in [0.4, 0.5) is 0 Å². The van der Waals surface area contributed by atoms with E-state index < -0.39 is 0 Å². The third-order valence-electron chi connectivity index (χ3n) is 1.36. The Labute approximate surface area is 59.5 Å². The zero-order chi connectivity index (χ0) is 7.40. The van der Waals surface area contributed by atoms with E-state index in [1.165, 1.54) is 0 Å². The lowest BCUT2D eigenvalue weighted by atomic mass is 10.3. The molecular formula is C6H11N3O. The van der Waals surface area contributed by atoms with Crippen LogP contribution >= 0.6 is 0 Å². The predicted octanol–water partition coefficient (Wildman–Crippen LogP) is 0.0490. The van der Waals surface area contributed by atoms with Gasteiger partial charge in [-0.3, -0.25) is 0 Å². The van der Waals surface area contributed by atoms with Gasteiger partial charge in [-0.05, 0) is 6.42 Å². The molecule has 10 heavy (non-hydrogen) atoms. The lowest BCUT2D eigenvalue weighted by Gasteiger charge is -2.05. The van der Waals surface area contributed by atoms with Crippen LogP contribution < -0.4 is 0 Å². The van der Waals surface area contributed by atoms with E-state index in [4.69, 9.17) is 5.11 Å². The van der Waals surface area contributed by atoms with Gasteiger partial charge in [0.1, 0.15) is 12.7 Å². The van der Waals surface area contributed by atoms with Gasteiger partial charge in [0, 0.05) is 0 Å². The quantitative estimate of drug-likeness (QED) is 0.647. The largest absolute Gasteiger partial charge is 0.391 e. The number of hydrogen-bond acceptors (Lipinski definition) is 3. The highest BCUT2D eigenvalue weighted by Gasteiger charge is 1.99. The van der Waals surface area contributed by atoms with Gasteiger partial charge in [0.25, 0.3) is 0 Å². The average Bonchev–Trinajstić information content (AvgIpc) is 2.40. The van der Waals surface area contributed by atoms with Crippen LogP contribution in [0.1, 0.15) is 13.3 Å². The van der Waals surface area contributed by atoms with E-state index in [0.717, 1.165) is 6.42 Å². The smallest absolute Gasteiger partial charge is 0.119 e. The normalized spacial score (nSPS) is 13.4. The van der Waals surface area contributed by atoms with Crippen molar-refractivity contribution < 1.29 is 5.11 Å². The number of aliphatic hydroxyl groups is 1. The van der Waals surface area contributed by atoms with Crippen molar-refractivity contribution in [3.63, 3.8) is 0 Å². The van der Waals surface area contributed by atoms with E-state index in [2.05, 4.69) is 10.2 Å². The molecule has 0 aliphatic heterocycles. The van der Waals surface area contributed by atoms with Crippen LogP contribution in [0.5, 0.6) is 0 Å². The van der Waals surface area contributed by atoms with Crippen molar-refractivity contribution in [3.05, 3.63) is 12.7 Å². The fourth-order valence-electron chi connectivity index (χ4n) is 0.689. The Balaban J connectivity index is 2.40. The van der Waals surface area contributed by atoms with Crippen molar-refractivity contribution in [1.82, 2.24) is 14.8 Å². The van der Waals surface area contributed by atoms with E-state index in [-0.39, 0.29) is 6.10 Å². The maximum absolute atomic E-state index is 9.15. The molecule has 0 amide bonds. The summed E-state index contributed by atoms with van der Waals surface area (Å²) in [5, 5.41) is 16.4. The number of hydrogen-bond donors (Lipinski definition) is 1. The van der Waals surface area contributed by atoms with Gasteiger partial charge in [0.05, 0.1) is 12.6 Å². The molecule has 1 N–H and O–H groups in total. The summed E-state index contributed by atoms with van der Waals surface area (Å²) in [6, 6.07) is 0. The third-order valence-corrected chi connectivity index (χ3v) is 1.36. The lowest BCUT2D eigenvalue weighted by Crippen LogP contribution is -2.13. The van der Waals surface area contributed by atoms with Crippen molar-refractivity contribution in [2.75, 3.05) is 0 Å². The van der Waals surface area contributed by atoms with E-state index >= 15 is 0 Å². The summed E-state index contributed by atoms with van der Waals surface area (Å²) in [5.41, 5.74) is 0. The van der Waals surface area contributed by atoms with Gasteiger partial charge in [0.15, 0.2) is 0 Å². The van der Waals surface area contributed by atoms with Crippen LogP contribution in [-0.2, 0) is 6.54 Å². The minimum Gasteiger partial charge on any atom is -0.391 e. The zero-order valence-corrected chi connectivity index (χ0v) is 5.94. The van der Waals surface area contributed by atoms with Gasteiger partial charge >= 0.3 is 0 Å². The predicted molar refractivity (Wildman–Crippen MR) is 36.3 cm³/mol. The molecule has 0 aliphatic rings. The fraction of sp³-hybridized carbons (Fsp3) is 0.667. The molecule has 1 aromatic rings. The van der Waals surface area contributed by atoms with Crippen LogP contribution in [0.3, 0.4) is 0 Å². The van der Waals surface area contributed by atoms with Crippen LogP contribution in [0.25, 0.3) is 0 Å². The SMILES string of the molecule is CC[C@@H](O)Cn1cnnc1. The highest BCUT2D eigenvalue weighted by atomic mass is 16.3. The zero-order valence-electron chi connectivity index (χ0n) is 5.94. The van der Waals surface area contributed by atoms with E-state index in [1.54, 1.807) is 17.2 Å². The van der Waals surface area contributed by atoms with Gasteiger partial charge < -0.3 is 9.67 Å². The standard InChI is InChI=1S/C6H11N3O/c1-2-6(10)3-9-4-7-8-5-9/h4-6,10H,2-3H2,1H3/t6-/m1/s1. The second kappa shape index (κ2) is 3.31. The molecule has 0 bridgehead atoms. The summed E-state index contributed by atoms with van der Waals surface area (Å²) in [6.07, 6.45) is 3.67. The summed E-state index contributed by atoms with van der Waals surface area (Å²) < 4.78 is 1.76. The molecule has 0 aromatic carbocycles. The Bertz CT molecular complexity index is 173. The van der Waals surface area contributed by atoms with Crippen molar-refractivity contribution in [2.24, 2.45) is 0 Å². The van der Waals surface area contributed by atoms with Crippen LogP contribution in [0.2, 0.25) is 0 Å². The van der Waals surface area contributed by atoms with Gasteiger partial charge in [0.2, 0.25) is 0 Å². The summed E-state index contributed by atoms with van der Waals surface area (Å²) >= 11 is 0. The monoisotopic (exact) mass is 141 g/mol. The van der Waals surface area contributed by atoms with Gasteiger partial charge in [-0.2, -0.15) is 0 Å². The number of aromatic nitrogens is 3. The average molecular weight is 141 g/mol. The van der Waals surface area contributed by atoms with Crippen molar-refractivity contribution in [2.45, 2.75) is 26.0 Å². The molecule has 1 atom stereocenters. The van der Waals surface area contributed by atoms with Crippen molar-refractivity contribution >= 4 is 0 Å². The Morgan fingerprint density at radius 2 is 2.10 bits per heavy atom. The lowest BCUT2D eigenvalue weighted by molar-refractivity contribution is 0.150. The first-order valence-corrected chi connectivity index (χ1v) is 3.33. The molecular weight excluding hydrogens is 130 g/mol. The molecule has 4 heteroatoms. The molecule has 0 radical (unpaired) electrons. The van der Waals surface area contributed by atoms with Gasteiger partial charge in [-0.25, -0.2) is 0 Å². The van der Waals surface area contributed by atoms with E-state index in [1.807, 2.05) is 6.92 Å². The molecule has 0 fully saturated rings. The van der Waals surface area contributed by atoms with Crippen LogP contribution in [0, 0.1) is 0 Å². The molecule has 0 saturated heterocycles. The highest BCUT2D eigenvalue weighted by molar-refractivity contribution is 4.63. The van der Waals surface area contributed by atoms with Crippen LogP contribution in [-0.4, -0.2) is 26.0 Å².